The summed E-state index contributed by atoms with van der Waals surface area (Å²) >= 11 is 5.86. The first-order chi connectivity index (χ1) is 10.6. The van der Waals surface area contributed by atoms with Crippen molar-refractivity contribution in [3.05, 3.63) is 34.9 Å². The number of benzene rings is 1. The molecule has 1 aromatic rings. The van der Waals surface area contributed by atoms with E-state index in [9.17, 15) is 9.59 Å². The van der Waals surface area contributed by atoms with E-state index in [0.717, 1.165) is 25.2 Å². The lowest BCUT2D eigenvalue weighted by Crippen LogP contribution is -2.44. The van der Waals surface area contributed by atoms with E-state index in [1.807, 2.05) is 6.07 Å². The third kappa shape index (κ3) is 5.63. The number of nitrogens with zero attached hydrogens (tertiary/aromatic N) is 1. The van der Waals surface area contributed by atoms with Crippen LogP contribution < -0.4 is 10.6 Å². The molecule has 0 unspecified atom stereocenters. The number of carbonyl (C=O) groups is 2. The monoisotopic (exact) mass is 325 g/mol. The van der Waals surface area contributed by atoms with E-state index < -0.39 is 11.8 Å². The Morgan fingerprint density at radius 3 is 2.64 bits per heavy atom. The van der Waals surface area contributed by atoms with Crippen molar-refractivity contribution in [2.75, 3.05) is 39.4 Å². The molecule has 1 aromatic carbocycles. The van der Waals surface area contributed by atoms with Crippen molar-refractivity contribution in [2.24, 2.45) is 0 Å². The number of amides is 2. The molecule has 0 bridgehead atoms. The molecule has 1 heterocycles. The number of morpholine rings is 1. The van der Waals surface area contributed by atoms with Gasteiger partial charge in [0.05, 0.1) is 13.2 Å². The van der Waals surface area contributed by atoms with Gasteiger partial charge in [-0.15, -0.1) is 0 Å². The molecule has 2 amide bonds. The highest BCUT2D eigenvalue weighted by molar-refractivity contribution is 6.35. The van der Waals surface area contributed by atoms with E-state index in [1.165, 1.54) is 0 Å². The Kier molecular flexibility index (Phi) is 6.64. The zero-order valence-corrected chi connectivity index (χ0v) is 13.1. The molecule has 2 N–H and O–H groups in total. The van der Waals surface area contributed by atoms with E-state index in [-0.39, 0.29) is 6.54 Å². The standard InChI is InChI=1S/C15H20ClN3O3/c16-13-3-1-2-12(10-13)11-18-15(21)14(20)17-4-5-19-6-8-22-9-7-19/h1-3,10H,4-9,11H2,(H,17,20)(H,18,21). The molecule has 0 aliphatic carbocycles. The number of halogens is 1. The number of hydrogen-bond acceptors (Lipinski definition) is 4. The second kappa shape index (κ2) is 8.73. The predicted octanol–water partition coefficient (Wildman–Crippen LogP) is 0.405. The summed E-state index contributed by atoms with van der Waals surface area (Å²) in [5.74, 6) is -1.25. The minimum Gasteiger partial charge on any atom is -0.379 e. The number of nitrogens with one attached hydrogen (secondary N) is 2. The fourth-order valence-electron chi connectivity index (χ4n) is 2.14. The summed E-state index contributed by atoms with van der Waals surface area (Å²) in [5, 5.41) is 5.79. The van der Waals surface area contributed by atoms with Gasteiger partial charge >= 0.3 is 11.8 Å². The third-order valence-electron chi connectivity index (χ3n) is 3.37. The second-order valence-corrected chi connectivity index (χ2v) is 5.46. The summed E-state index contributed by atoms with van der Waals surface area (Å²) in [6.45, 7) is 4.59. The minimum atomic E-state index is -0.637. The Labute approximate surface area is 134 Å². The molecule has 1 aliphatic rings. The molecule has 120 valence electrons. The normalized spacial score (nSPS) is 15.3. The Bertz CT molecular complexity index is 519. The summed E-state index contributed by atoms with van der Waals surface area (Å²) in [4.78, 5) is 25.6. The molecular formula is C15H20ClN3O3. The lowest BCUT2D eigenvalue weighted by molar-refractivity contribution is -0.139. The van der Waals surface area contributed by atoms with Crippen LogP contribution in [0.3, 0.4) is 0 Å². The van der Waals surface area contributed by atoms with Crippen LogP contribution in [0.5, 0.6) is 0 Å². The fourth-order valence-corrected chi connectivity index (χ4v) is 2.36. The Morgan fingerprint density at radius 1 is 1.18 bits per heavy atom. The molecule has 22 heavy (non-hydrogen) atoms. The number of hydrogen-bond donors (Lipinski definition) is 2. The Hall–Kier alpha value is -1.63. The van der Waals surface area contributed by atoms with E-state index in [1.54, 1.807) is 18.2 Å². The van der Waals surface area contributed by atoms with Crippen molar-refractivity contribution >= 4 is 23.4 Å². The van der Waals surface area contributed by atoms with Crippen LogP contribution in [0, 0.1) is 0 Å². The van der Waals surface area contributed by atoms with Gasteiger partial charge in [-0.1, -0.05) is 23.7 Å². The summed E-state index contributed by atoms with van der Waals surface area (Å²) in [5.41, 5.74) is 0.849. The quantitative estimate of drug-likeness (QED) is 0.769. The summed E-state index contributed by atoms with van der Waals surface area (Å²) < 4.78 is 5.25. The molecule has 0 saturated carbocycles. The predicted molar refractivity (Wildman–Crippen MR) is 83.6 cm³/mol. The maximum atomic E-state index is 11.7. The first-order valence-electron chi connectivity index (χ1n) is 7.26. The molecule has 2 rings (SSSR count). The molecular weight excluding hydrogens is 306 g/mol. The largest absolute Gasteiger partial charge is 0.379 e. The van der Waals surface area contributed by atoms with Crippen LogP contribution in [0.4, 0.5) is 0 Å². The van der Waals surface area contributed by atoms with Crippen molar-refractivity contribution in [3.63, 3.8) is 0 Å². The minimum absolute atomic E-state index is 0.274. The van der Waals surface area contributed by atoms with Crippen LogP contribution in [-0.4, -0.2) is 56.1 Å². The van der Waals surface area contributed by atoms with Crippen LogP contribution in [0.15, 0.2) is 24.3 Å². The highest BCUT2D eigenvalue weighted by Crippen LogP contribution is 2.10. The highest BCUT2D eigenvalue weighted by atomic mass is 35.5. The van der Waals surface area contributed by atoms with Crippen molar-refractivity contribution in [1.29, 1.82) is 0 Å². The third-order valence-corrected chi connectivity index (χ3v) is 3.60. The Balaban J connectivity index is 1.65. The summed E-state index contributed by atoms with van der Waals surface area (Å²) in [7, 11) is 0. The average Bonchev–Trinajstić information content (AvgIpc) is 2.53. The van der Waals surface area contributed by atoms with Gasteiger partial charge < -0.3 is 15.4 Å². The van der Waals surface area contributed by atoms with Crippen molar-refractivity contribution in [2.45, 2.75) is 6.54 Å². The van der Waals surface area contributed by atoms with Gasteiger partial charge in [0.25, 0.3) is 0 Å². The van der Waals surface area contributed by atoms with Gasteiger partial charge in [0.15, 0.2) is 0 Å². The molecule has 0 aromatic heterocycles. The Morgan fingerprint density at radius 2 is 1.91 bits per heavy atom. The van der Waals surface area contributed by atoms with Gasteiger partial charge in [-0.05, 0) is 17.7 Å². The van der Waals surface area contributed by atoms with E-state index in [2.05, 4.69) is 15.5 Å². The lowest BCUT2D eigenvalue weighted by Gasteiger charge is -2.26. The lowest BCUT2D eigenvalue weighted by atomic mass is 10.2. The van der Waals surface area contributed by atoms with E-state index in [0.29, 0.717) is 24.8 Å². The molecule has 6 nitrogen and oxygen atoms in total. The van der Waals surface area contributed by atoms with Crippen molar-refractivity contribution < 1.29 is 14.3 Å². The van der Waals surface area contributed by atoms with Crippen LogP contribution in [0.25, 0.3) is 0 Å². The maximum Gasteiger partial charge on any atom is 0.309 e. The van der Waals surface area contributed by atoms with E-state index >= 15 is 0 Å². The smallest absolute Gasteiger partial charge is 0.309 e. The highest BCUT2D eigenvalue weighted by Gasteiger charge is 2.14. The molecule has 1 saturated heterocycles. The number of ether oxygens (including phenoxy) is 1. The maximum absolute atomic E-state index is 11.7. The molecule has 1 fully saturated rings. The second-order valence-electron chi connectivity index (χ2n) is 5.02. The first kappa shape index (κ1) is 16.7. The number of carbonyl (C=O) groups excluding carboxylic acids is 2. The molecule has 0 atom stereocenters. The first-order valence-corrected chi connectivity index (χ1v) is 7.63. The van der Waals surface area contributed by atoms with Crippen LogP contribution in [0.1, 0.15) is 5.56 Å². The topological polar surface area (TPSA) is 70.7 Å². The van der Waals surface area contributed by atoms with Gasteiger partial charge in [0.2, 0.25) is 0 Å². The van der Waals surface area contributed by atoms with E-state index in [4.69, 9.17) is 16.3 Å². The molecule has 1 aliphatic heterocycles. The van der Waals surface area contributed by atoms with Crippen molar-refractivity contribution in [3.8, 4) is 0 Å². The number of rotatable bonds is 5. The van der Waals surface area contributed by atoms with Crippen LogP contribution >= 0.6 is 11.6 Å². The fraction of sp³-hybridized carbons (Fsp3) is 0.467. The van der Waals surface area contributed by atoms with Gasteiger partial charge in [-0.2, -0.15) is 0 Å². The molecule has 0 radical (unpaired) electrons. The van der Waals surface area contributed by atoms with Gasteiger partial charge in [0.1, 0.15) is 0 Å². The summed E-state index contributed by atoms with van der Waals surface area (Å²) in [6.07, 6.45) is 0. The molecule has 7 heteroatoms. The van der Waals surface area contributed by atoms with Crippen LogP contribution in [0.2, 0.25) is 5.02 Å². The van der Waals surface area contributed by atoms with Crippen molar-refractivity contribution in [1.82, 2.24) is 15.5 Å². The van der Waals surface area contributed by atoms with Gasteiger partial charge in [-0.3, -0.25) is 14.5 Å². The zero-order valence-electron chi connectivity index (χ0n) is 12.3. The SMILES string of the molecule is O=C(NCCN1CCOCC1)C(=O)NCc1cccc(Cl)c1. The van der Waals surface area contributed by atoms with Crippen LogP contribution in [-0.2, 0) is 20.9 Å². The zero-order chi connectivity index (χ0) is 15.8. The molecule has 0 spiro atoms. The summed E-state index contributed by atoms with van der Waals surface area (Å²) in [6, 6.07) is 7.14. The average molecular weight is 326 g/mol. The van der Waals surface area contributed by atoms with Gasteiger partial charge in [-0.25, -0.2) is 0 Å². The van der Waals surface area contributed by atoms with Gasteiger partial charge in [0, 0.05) is 37.7 Å².